The predicted octanol–water partition coefficient (Wildman–Crippen LogP) is 0.302. The Kier molecular flexibility index (Phi) is 0.583. The monoisotopic (exact) mass is 108 g/mol. The van der Waals surface area contributed by atoms with Crippen LogP contribution in [0.25, 0.3) is 0 Å². The van der Waals surface area contributed by atoms with Gasteiger partial charge >= 0.3 is 0 Å². The SMILES string of the molecule is NC1=N[C@H]2C=C[C@H]2C1. The molecule has 2 heteroatoms. The largest absolute Gasteiger partial charge is 0.387 e. The van der Waals surface area contributed by atoms with Crippen molar-refractivity contribution >= 4 is 5.84 Å². The average molecular weight is 108 g/mol. The van der Waals surface area contributed by atoms with E-state index in [-0.39, 0.29) is 0 Å². The van der Waals surface area contributed by atoms with E-state index in [9.17, 15) is 0 Å². The second-order valence-corrected chi connectivity index (χ2v) is 2.36. The quantitative estimate of drug-likeness (QED) is 0.445. The lowest BCUT2D eigenvalue weighted by atomic mass is 9.89. The lowest BCUT2D eigenvalue weighted by Gasteiger charge is -2.17. The van der Waals surface area contributed by atoms with E-state index in [1.54, 1.807) is 0 Å². The normalized spacial score (nSPS) is 40.8. The first-order chi connectivity index (χ1) is 3.86. The molecule has 2 nitrogen and oxygen atoms in total. The fourth-order valence-electron chi connectivity index (χ4n) is 1.18. The van der Waals surface area contributed by atoms with Gasteiger partial charge in [-0.15, -0.1) is 0 Å². The topological polar surface area (TPSA) is 38.4 Å². The number of amidine groups is 1. The summed E-state index contributed by atoms with van der Waals surface area (Å²) in [5.74, 6) is 1.49. The van der Waals surface area contributed by atoms with Crippen LogP contribution in [0.3, 0.4) is 0 Å². The molecule has 1 aliphatic heterocycles. The molecule has 0 saturated carbocycles. The lowest BCUT2D eigenvalue weighted by molar-refractivity contribution is 0.586. The summed E-state index contributed by atoms with van der Waals surface area (Å²) in [7, 11) is 0. The van der Waals surface area contributed by atoms with E-state index in [0.29, 0.717) is 12.0 Å². The maximum absolute atomic E-state index is 5.47. The molecule has 0 spiro atoms. The van der Waals surface area contributed by atoms with Gasteiger partial charge in [0.1, 0.15) is 0 Å². The van der Waals surface area contributed by atoms with Crippen LogP contribution in [-0.4, -0.2) is 11.9 Å². The van der Waals surface area contributed by atoms with Crippen molar-refractivity contribution in [3.63, 3.8) is 0 Å². The second-order valence-electron chi connectivity index (χ2n) is 2.36. The minimum atomic E-state index is 0.454. The highest BCUT2D eigenvalue weighted by Crippen LogP contribution is 2.29. The van der Waals surface area contributed by atoms with Crippen molar-refractivity contribution < 1.29 is 0 Å². The first kappa shape index (κ1) is 4.13. The first-order valence-electron chi connectivity index (χ1n) is 2.87. The number of hydrogen-bond donors (Lipinski definition) is 1. The Morgan fingerprint density at radius 3 is 2.75 bits per heavy atom. The first-order valence-corrected chi connectivity index (χ1v) is 2.87. The summed E-state index contributed by atoms with van der Waals surface area (Å²) in [5, 5.41) is 0. The number of aliphatic imine (C=N–C) groups is 1. The van der Waals surface area contributed by atoms with Crippen molar-refractivity contribution in [1.82, 2.24) is 0 Å². The maximum Gasteiger partial charge on any atom is 0.0951 e. The zero-order valence-corrected chi connectivity index (χ0v) is 4.54. The van der Waals surface area contributed by atoms with E-state index in [1.807, 2.05) is 0 Å². The van der Waals surface area contributed by atoms with Crippen molar-refractivity contribution in [3.05, 3.63) is 12.2 Å². The summed E-state index contributed by atoms with van der Waals surface area (Å²) in [6, 6.07) is 0.454. The molecule has 2 atom stereocenters. The number of nitrogens with zero attached hydrogens (tertiary/aromatic N) is 1. The van der Waals surface area contributed by atoms with Crippen LogP contribution in [0.15, 0.2) is 17.1 Å². The summed E-state index contributed by atoms with van der Waals surface area (Å²) in [5.41, 5.74) is 5.47. The maximum atomic E-state index is 5.47. The van der Waals surface area contributed by atoms with Gasteiger partial charge < -0.3 is 5.73 Å². The van der Waals surface area contributed by atoms with E-state index in [1.165, 1.54) is 0 Å². The standard InChI is InChI=1S/C6H8N2/c7-6-3-4-1-2-5(4)8-6/h1-2,4-5H,3H2,(H2,7,8)/t4-,5-/m0/s1. The molecule has 2 N–H and O–H groups in total. The summed E-state index contributed by atoms with van der Waals surface area (Å²) < 4.78 is 0. The van der Waals surface area contributed by atoms with Gasteiger partial charge in [-0.2, -0.15) is 0 Å². The average Bonchev–Trinajstić information content (AvgIpc) is 1.91. The molecule has 0 unspecified atom stereocenters. The molecule has 0 bridgehead atoms. The highest BCUT2D eigenvalue weighted by molar-refractivity contribution is 5.83. The molecule has 42 valence electrons. The smallest absolute Gasteiger partial charge is 0.0951 e. The Hall–Kier alpha value is -0.790. The van der Waals surface area contributed by atoms with Crippen LogP contribution in [0, 0.1) is 5.92 Å². The Bertz CT molecular complexity index is 169. The van der Waals surface area contributed by atoms with Crippen LogP contribution in [0.5, 0.6) is 0 Å². The summed E-state index contributed by atoms with van der Waals surface area (Å²) in [6.07, 6.45) is 5.26. The van der Waals surface area contributed by atoms with Crippen LogP contribution in [0.2, 0.25) is 0 Å². The van der Waals surface area contributed by atoms with Crippen molar-refractivity contribution in [3.8, 4) is 0 Å². The van der Waals surface area contributed by atoms with E-state index in [4.69, 9.17) is 5.73 Å². The zero-order valence-electron chi connectivity index (χ0n) is 4.54. The van der Waals surface area contributed by atoms with Crippen LogP contribution < -0.4 is 5.73 Å². The van der Waals surface area contributed by atoms with Crippen molar-refractivity contribution in [2.45, 2.75) is 12.5 Å². The van der Waals surface area contributed by atoms with E-state index in [0.717, 1.165) is 12.3 Å². The minimum Gasteiger partial charge on any atom is -0.387 e. The van der Waals surface area contributed by atoms with Gasteiger partial charge in [-0.1, -0.05) is 12.2 Å². The molecule has 0 aromatic carbocycles. The summed E-state index contributed by atoms with van der Waals surface area (Å²) >= 11 is 0. The number of nitrogens with two attached hydrogens (primary N) is 1. The lowest BCUT2D eigenvalue weighted by Crippen LogP contribution is -2.17. The van der Waals surface area contributed by atoms with Crippen LogP contribution in [-0.2, 0) is 0 Å². The predicted molar refractivity (Wildman–Crippen MR) is 32.7 cm³/mol. The second kappa shape index (κ2) is 1.13. The summed E-state index contributed by atoms with van der Waals surface area (Å²) in [4.78, 5) is 4.16. The highest BCUT2D eigenvalue weighted by atomic mass is 14.9. The third kappa shape index (κ3) is 0.351. The van der Waals surface area contributed by atoms with Gasteiger partial charge in [0.15, 0.2) is 0 Å². The third-order valence-electron chi connectivity index (χ3n) is 1.75. The van der Waals surface area contributed by atoms with Gasteiger partial charge in [0.25, 0.3) is 0 Å². The van der Waals surface area contributed by atoms with Crippen molar-refractivity contribution in [1.29, 1.82) is 0 Å². The van der Waals surface area contributed by atoms with Crippen LogP contribution >= 0.6 is 0 Å². The highest BCUT2D eigenvalue weighted by Gasteiger charge is 2.29. The van der Waals surface area contributed by atoms with Gasteiger partial charge in [-0.3, -0.25) is 4.99 Å². The Morgan fingerprint density at radius 1 is 1.62 bits per heavy atom. The summed E-state index contributed by atoms with van der Waals surface area (Å²) in [6.45, 7) is 0. The molecule has 2 rings (SSSR count). The van der Waals surface area contributed by atoms with Crippen molar-refractivity contribution in [2.24, 2.45) is 16.6 Å². The van der Waals surface area contributed by atoms with Gasteiger partial charge in [-0.25, -0.2) is 0 Å². The zero-order chi connectivity index (χ0) is 5.56. The van der Waals surface area contributed by atoms with Gasteiger partial charge in [0.05, 0.1) is 11.9 Å². The van der Waals surface area contributed by atoms with E-state index in [2.05, 4.69) is 17.1 Å². The van der Waals surface area contributed by atoms with Crippen LogP contribution in [0.4, 0.5) is 0 Å². The molecule has 2 aliphatic rings. The molecule has 1 aliphatic carbocycles. The van der Waals surface area contributed by atoms with Gasteiger partial charge in [0, 0.05) is 12.3 Å². The molecule has 0 aromatic rings. The fourth-order valence-corrected chi connectivity index (χ4v) is 1.18. The molecular formula is C6H8N2. The molecule has 0 saturated heterocycles. The number of rotatable bonds is 0. The molecule has 0 fully saturated rings. The van der Waals surface area contributed by atoms with E-state index < -0.39 is 0 Å². The number of fused-ring (bicyclic) bond motifs is 1. The van der Waals surface area contributed by atoms with Gasteiger partial charge in [0.2, 0.25) is 0 Å². The van der Waals surface area contributed by atoms with Gasteiger partial charge in [-0.05, 0) is 0 Å². The Balaban J connectivity index is 2.24. The molecular weight excluding hydrogens is 100 g/mol. The van der Waals surface area contributed by atoms with Crippen LogP contribution in [0.1, 0.15) is 6.42 Å². The fraction of sp³-hybridized carbons (Fsp3) is 0.500. The molecule has 8 heavy (non-hydrogen) atoms. The van der Waals surface area contributed by atoms with Crippen molar-refractivity contribution in [2.75, 3.05) is 0 Å². The Morgan fingerprint density at radius 2 is 2.50 bits per heavy atom. The number of hydrogen-bond acceptors (Lipinski definition) is 2. The molecule has 0 aromatic heterocycles. The molecule has 0 radical (unpaired) electrons. The molecule has 1 heterocycles. The third-order valence-corrected chi connectivity index (χ3v) is 1.75. The Labute approximate surface area is 48.1 Å². The van der Waals surface area contributed by atoms with E-state index >= 15 is 0 Å². The molecule has 0 amide bonds. The minimum absolute atomic E-state index is 0.454.